The number of sulfonamides is 1. The lowest BCUT2D eigenvalue weighted by molar-refractivity contribution is -0.132. The molecule has 0 bridgehead atoms. The molecule has 2 N–H and O–H groups in total. The van der Waals surface area contributed by atoms with Crippen LogP contribution in [0, 0.1) is 5.82 Å². The summed E-state index contributed by atoms with van der Waals surface area (Å²) in [5, 5.41) is 8.74. The molecule has 0 saturated heterocycles. The van der Waals surface area contributed by atoms with Gasteiger partial charge in [-0.15, -0.1) is 0 Å². The van der Waals surface area contributed by atoms with Gasteiger partial charge in [-0.2, -0.15) is 13.2 Å². The normalized spacial score (nSPS) is 12.4. The maximum atomic E-state index is 13.8. The summed E-state index contributed by atoms with van der Waals surface area (Å²) in [6, 6.07) is 1.60. The topological polar surface area (TPSA) is 83.5 Å². The highest BCUT2D eigenvalue weighted by atomic mass is 79.9. The van der Waals surface area contributed by atoms with Gasteiger partial charge in [-0.1, -0.05) is 15.9 Å². The molecule has 11 heteroatoms. The van der Waals surface area contributed by atoms with Gasteiger partial charge in [0.05, 0.1) is 12.0 Å². The van der Waals surface area contributed by atoms with Gasteiger partial charge in [0.25, 0.3) is 0 Å². The third-order valence-electron chi connectivity index (χ3n) is 2.22. The minimum absolute atomic E-state index is 0.0440. The highest BCUT2D eigenvalue weighted by Gasteiger charge is 2.29. The zero-order valence-corrected chi connectivity index (χ0v) is 12.4. The Kier molecular flexibility index (Phi) is 5.34. The Bertz CT molecular complexity index is 660. The van der Waals surface area contributed by atoms with Crippen molar-refractivity contribution in [1.29, 1.82) is 0 Å². The molecule has 0 saturated carbocycles. The van der Waals surface area contributed by atoms with E-state index in [0.29, 0.717) is 0 Å². The number of rotatable bonds is 5. The molecule has 0 aliphatic heterocycles. The minimum atomic E-state index is -4.61. The second-order valence-electron chi connectivity index (χ2n) is 3.83. The second kappa shape index (κ2) is 6.28. The van der Waals surface area contributed by atoms with E-state index < -0.39 is 51.4 Å². The van der Waals surface area contributed by atoms with Gasteiger partial charge >= 0.3 is 12.1 Å². The van der Waals surface area contributed by atoms with Gasteiger partial charge in [0.15, 0.2) is 5.82 Å². The molecular formula is C10H8BrF4NO4S. The van der Waals surface area contributed by atoms with E-state index in [1.54, 1.807) is 4.72 Å². The van der Waals surface area contributed by atoms with Crippen LogP contribution in [0.4, 0.5) is 17.6 Å². The Hall–Kier alpha value is -1.20. The smallest absolute Gasteiger partial charge is 0.390 e. The van der Waals surface area contributed by atoms with Crippen molar-refractivity contribution < 1.29 is 35.9 Å². The van der Waals surface area contributed by atoms with Crippen LogP contribution in [0.2, 0.25) is 0 Å². The first kappa shape index (κ1) is 17.9. The molecule has 1 aromatic rings. The number of halogens is 5. The number of alkyl halides is 3. The van der Waals surface area contributed by atoms with Gasteiger partial charge in [-0.25, -0.2) is 22.3 Å². The maximum absolute atomic E-state index is 13.8. The zero-order chi connectivity index (χ0) is 16.4. The molecule has 1 rings (SSSR count). The van der Waals surface area contributed by atoms with E-state index in [2.05, 4.69) is 15.9 Å². The van der Waals surface area contributed by atoms with E-state index in [-0.39, 0.29) is 4.47 Å². The Morgan fingerprint density at radius 3 is 2.38 bits per heavy atom. The van der Waals surface area contributed by atoms with Gasteiger partial charge < -0.3 is 5.11 Å². The van der Waals surface area contributed by atoms with E-state index in [1.165, 1.54) is 0 Å². The first-order chi connectivity index (χ1) is 9.44. The number of nitrogens with one attached hydrogen (secondary N) is 1. The van der Waals surface area contributed by atoms with E-state index in [0.717, 1.165) is 12.1 Å². The Morgan fingerprint density at radius 2 is 1.90 bits per heavy atom. The third kappa shape index (κ3) is 4.93. The Morgan fingerprint density at radius 1 is 1.33 bits per heavy atom. The highest BCUT2D eigenvalue weighted by molar-refractivity contribution is 9.10. The fraction of sp³-hybridized carbons (Fsp3) is 0.300. The summed E-state index contributed by atoms with van der Waals surface area (Å²) in [7, 11) is -4.61. The molecular weight excluding hydrogens is 386 g/mol. The predicted octanol–water partition coefficient (Wildman–Crippen LogP) is 2.52. The highest BCUT2D eigenvalue weighted by Crippen LogP contribution is 2.25. The molecule has 0 heterocycles. The zero-order valence-electron chi connectivity index (χ0n) is 10.0. The molecule has 0 aliphatic carbocycles. The molecule has 0 aromatic heterocycles. The summed E-state index contributed by atoms with van der Waals surface area (Å²) in [6.07, 6.45) is -6.02. The summed E-state index contributed by atoms with van der Waals surface area (Å²) in [4.78, 5) is 9.73. The van der Waals surface area contributed by atoms with Crippen LogP contribution >= 0.6 is 15.9 Å². The average Bonchev–Trinajstić information content (AvgIpc) is 2.29. The van der Waals surface area contributed by atoms with Crippen molar-refractivity contribution in [2.24, 2.45) is 0 Å². The predicted molar refractivity (Wildman–Crippen MR) is 66.9 cm³/mol. The summed E-state index contributed by atoms with van der Waals surface area (Å²) in [5.74, 6) is -3.26. The minimum Gasteiger partial charge on any atom is -0.478 e. The largest absolute Gasteiger partial charge is 0.478 e. The number of aromatic carboxylic acids is 1. The lowest BCUT2D eigenvalue weighted by Gasteiger charge is -2.11. The van der Waals surface area contributed by atoms with Crippen LogP contribution in [0.5, 0.6) is 0 Å². The van der Waals surface area contributed by atoms with Crippen molar-refractivity contribution in [2.75, 3.05) is 6.54 Å². The molecule has 1 aromatic carbocycles. The number of carboxylic acid groups (broad SMARTS) is 1. The van der Waals surface area contributed by atoms with Gasteiger partial charge in [0, 0.05) is 11.0 Å². The average molecular weight is 394 g/mol. The third-order valence-corrected chi connectivity index (χ3v) is 4.14. The molecule has 0 aliphatic rings. The Balaban J connectivity index is 3.12. The molecule has 0 radical (unpaired) electrons. The number of carbonyl (C=O) groups is 1. The van der Waals surface area contributed by atoms with E-state index in [9.17, 15) is 30.8 Å². The van der Waals surface area contributed by atoms with Crippen molar-refractivity contribution in [3.05, 3.63) is 28.0 Å². The Labute approximate surface area is 125 Å². The van der Waals surface area contributed by atoms with Crippen LogP contribution in [-0.4, -0.2) is 32.2 Å². The van der Waals surface area contributed by atoms with E-state index >= 15 is 0 Å². The van der Waals surface area contributed by atoms with Crippen molar-refractivity contribution in [3.63, 3.8) is 0 Å². The lowest BCUT2D eigenvalue weighted by Crippen LogP contribution is -2.29. The fourth-order valence-electron chi connectivity index (χ4n) is 1.32. The molecule has 5 nitrogen and oxygen atoms in total. The summed E-state index contributed by atoms with van der Waals surface area (Å²) in [5.41, 5.74) is -0.916. The van der Waals surface area contributed by atoms with Gasteiger partial charge in [-0.3, -0.25) is 0 Å². The molecule has 118 valence electrons. The van der Waals surface area contributed by atoms with E-state index in [1.807, 2.05) is 0 Å². The molecule has 0 spiro atoms. The van der Waals surface area contributed by atoms with E-state index in [4.69, 9.17) is 5.11 Å². The maximum Gasteiger partial charge on any atom is 0.390 e. The first-order valence-corrected chi connectivity index (χ1v) is 7.50. The number of hydrogen-bond donors (Lipinski definition) is 2. The SMILES string of the molecule is O=C(O)c1cc(Br)cc(S(=O)(=O)NCCC(F)(F)F)c1F. The van der Waals surface area contributed by atoms with Crippen LogP contribution in [0.1, 0.15) is 16.8 Å². The number of carboxylic acids is 1. The molecule has 0 unspecified atom stereocenters. The summed E-state index contributed by atoms with van der Waals surface area (Å²) >= 11 is 2.81. The van der Waals surface area contributed by atoms with Crippen LogP contribution in [0.15, 0.2) is 21.5 Å². The fourth-order valence-corrected chi connectivity index (χ4v) is 3.08. The van der Waals surface area contributed by atoms with Gasteiger partial charge in [-0.05, 0) is 12.1 Å². The van der Waals surface area contributed by atoms with Gasteiger partial charge in [0.2, 0.25) is 10.0 Å². The van der Waals surface area contributed by atoms with Crippen LogP contribution in [0.25, 0.3) is 0 Å². The molecule has 0 fully saturated rings. The van der Waals surface area contributed by atoms with Crippen molar-refractivity contribution in [3.8, 4) is 0 Å². The monoisotopic (exact) mass is 393 g/mol. The molecule has 0 atom stereocenters. The summed E-state index contributed by atoms with van der Waals surface area (Å²) < 4.78 is 74.7. The first-order valence-electron chi connectivity index (χ1n) is 5.23. The van der Waals surface area contributed by atoms with Crippen LogP contribution in [0.3, 0.4) is 0 Å². The second-order valence-corrected chi connectivity index (χ2v) is 6.48. The van der Waals surface area contributed by atoms with Crippen molar-refractivity contribution in [1.82, 2.24) is 4.72 Å². The van der Waals surface area contributed by atoms with Crippen molar-refractivity contribution in [2.45, 2.75) is 17.5 Å². The van der Waals surface area contributed by atoms with Crippen LogP contribution < -0.4 is 4.72 Å². The standard InChI is InChI=1S/C10H8BrF4NO4S/c11-5-3-6(9(17)18)8(12)7(4-5)21(19,20)16-2-1-10(13,14)15/h3-4,16H,1-2H2,(H,17,18). The van der Waals surface area contributed by atoms with Crippen molar-refractivity contribution >= 4 is 31.9 Å². The number of benzene rings is 1. The van der Waals surface area contributed by atoms with Crippen LogP contribution in [-0.2, 0) is 10.0 Å². The van der Waals surface area contributed by atoms with Gasteiger partial charge in [0.1, 0.15) is 4.90 Å². The molecule has 0 amide bonds. The summed E-state index contributed by atoms with van der Waals surface area (Å²) in [6.45, 7) is -0.986. The quantitative estimate of drug-likeness (QED) is 0.752. The molecule has 21 heavy (non-hydrogen) atoms. The number of hydrogen-bond acceptors (Lipinski definition) is 3. The lowest BCUT2D eigenvalue weighted by atomic mass is 10.2.